The van der Waals surface area contributed by atoms with Crippen LogP contribution >= 0.6 is 0 Å². The van der Waals surface area contributed by atoms with E-state index in [9.17, 15) is 13.2 Å². The summed E-state index contributed by atoms with van der Waals surface area (Å²) in [5.41, 5.74) is 0. The molecule has 1 amide bonds. The molecule has 2 N–H and O–H groups in total. The Balaban J connectivity index is 2.60. The summed E-state index contributed by atoms with van der Waals surface area (Å²) in [5, 5.41) is 2.90. The molecule has 82 valence electrons. The average Bonchev–Trinajstić information content (AvgIpc) is 2.47. The van der Waals surface area contributed by atoms with Crippen molar-refractivity contribution in [1.29, 1.82) is 0 Å². The van der Waals surface area contributed by atoms with Crippen LogP contribution in [-0.4, -0.2) is 46.9 Å². The van der Waals surface area contributed by atoms with Crippen molar-refractivity contribution in [2.45, 2.75) is 6.04 Å². The molecule has 0 aromatic carbocycles. The lowest BCUT2D eigenvalue weighted by atomic mass is 10.0. The minimum atomic E-state index is -3.48. The van der Waals surface area contributed by atoms with Crippen LogP contribution in [0.4, 0.5) is 0 Å². The molecule has 1 aliphatic heterocycles. The summed E-state index contributed by atoms with van der Waals surface area (Å²) < 4.78 is 28.6. The van der Waals surface area contributed by atoms with Crippen molar-refractivity contribution in [1.82, 2.24) is 10.0 Å². The molecule has 0 aliphatic carbocycles. The highest BCUT2D eigenvalue weighted by Gasteiger charge is 2.33. The number of amides is 1. The van der Waals surface area contributed by atoms with E-state index >= 15 is 0 Å². The van der Waals surface area contributed by atoms with Crippen molar-refractivity contribution in [2.75, 3.05) is 26.5 Å². The number of likely N-dealkylation sites (N-methyl/N-ethyl adjacent to an activating group) is 1. The van der Waals surface area contributed by atoms with E-state index in [4.69, 9.17) is 4.74 Å². The Hall–Kier alpha value is -0.660. The summed E-state index contributed by atoms with van der Waals surface area (Å²) in [6.45, 7) is 0.686. The van der Waals surface area contributed by atoms with Crippen molar-refractivity contribution < 1.29 is 17.9 Å². The summed E-state index contributed by atoms with van der Waals surface area (Å²) in [6, 6.07) is -0.114. The van der Waals surface area contributed by atoms with E-state index in [1.165, 1.54) is 0 Å². The van der Waals surface area contributed by atoms with Crippen molar-refractivity contribution in [3.8, 4) is 0 Å². The van der Waals surface area contributed by atoms with Crippen molar-refractivity contribution in [2.24, 2.45) is 5.92 Å². The predicted octanol–water partition coefficient (Wildman–Crippen LogP) is -1.70. The molecule has 6 nitrogen and oxygen atoms in total. The minimum Gasteiger partial charge on any atom is -0.379 e. The van der Waals surface area contributed by atoms with Crippen molar-refractivity contribution >= 4 is 15.9 Å². The summed E-state index contributed by atoms with van der Waals surface area (Å²) in [6.07, 6.45) is 0.953. The average molecular weight is 222 g/mol. The number of rotatable bonds is 3. The summed E-state index contributed by atoms with van der Waals surface area (Å²) >= 11 is 0. The SMILES string of the molecule is CNC1COCC1C(=O)NS(C)(=O)=O. The smallest absolute Gasteiger partial charge is 0.240 e. The lowest BCUT2D eigenvalue weighted by Gasteiger charge is -2.15. The zero-order valence-electron chi connectivity index (χ0n) is 8.11. The van der Waals surface area contributed by atoms with E-state index in [2.05, 4.69) is 5.32 Å². The van der Waals surface area contributed by atoms with E-state index in [-0.39, 0.29) is 12.6 Å². The molecule has 0 spiro atoms. The molecule has 0 aromatic heterocycles. The minimum absolute atomic E-state index is 0.114. The van der Waals surface area contributed by atoms with Gasteiger partial charge in [-0.3, -0.25) is 9.52 Å². The van der Waals surface area contributed by atoms with Crippen LogP contribution < -0.4 is 10.0 Å². The molecular weight excluding hydrogens is 208 g/mol. The van der Waals surface area contributed by atoms with Crippen LogP contribution in [-0.2, 0) is 19.6 Å². The molecule has 1 saturated heterocycles. The fourth-order valence-electron chi connectivity index (χ4n) is 1.36. The van der Waals surface area contributed by atoms with Gasteiger partial charge in [0, 0.05) is 6.04 Å². The van der Waals surface area contributed by atoms with Gasteiger partial charge in [-0.2, -0.15) is 0 Å². The van der Waals surface area contributed by atoms with E-state index in [1.807, 2.05) is 4.72 Å². The topological polar surface area (TPSA) is 84.5 Å². The van der Waals surface area contributed by atoms with Gasteiger partial charge in [-0.25, -0.2) is 8.42 Å². The fourth-order valence-corrected chi connectivity index (χ4v) is 1.87. The number of hydrogen-bond donors (Lipinski definition) is 2. The Morgan fingerprint density at radius 3 is 2.57 bits per heavy atom. The Morgan fingerprint density at radius 2 is 2.07 bits per heavy atom. The molecule has 1 aliphatic rings. The monoisotopic (exact) mass is 222 g/mol. The van der Waals surface area contributed by atoms with E-state index in [0.717, 1.165) is 6.26 Å². The van der Waals surface area contributed by atoms with Crippen LogP contribution in [0.3, 0.4) is 0 Å². The molecule has 0 bridgehead atoms. The molecule has 0 aromatic rings. The highest BCUT2D eigenvalue weighted by atomic mass is 32.2. The van der Waals surface area contributed by atoms with Crippen LogP contribution in [0.1, 0.15) is 0 Å². The highest BCUT2D eigenvalue weighted by Crippen LogP contribution is 2.13. The normalized spacial score (nSPS) is 27.6. The van der Waals surface area contributed by atoms with Crippen LogP contribution in [0.25, 0.3) is 0 Å². The van der Waals surface area contributed by atoms with Gasteiger partial charge in [-0.1, -0.05) is 0 Å². The van der Waals surface area contributed by atoms with Gasteiger partial charge >= 0.3 is 0 Å². The number of nitrogens with one attached hydrogen (secondary N) is 2. The van der Waals surface area contributed by atoms with E-state index in [1.54, 1.807) is 7.05 Å². The fraction of sp³-hybridized carbons (Fsp3) is 0.857. The number of carbonyl (C=O) groups excluding carboxylic acids is 1. The maximum atomic E-state index is 11.4. The largest absolute Gasteiger partial charge is 0.379 e. The first-order valence-corrected chi connectivity index (χ1v) is 6.10. The van der Waals surface area contributed by atoms with Crippen LogP contribution in [0.2, 0.25) is 0 Å². The third-order valence-corrected chi connectivity index (χ3v) is 2.65. The zero-order valence-corrected chi connectivity index (χ0v) is 8.93. The van der Waals surface area contributed by atoms with Gasteiger partial charge in [0.15, 0.2) is 0 Å². The van der Waals surface area contributed by atoms with Gasteiger partial charge in [0.05, 0.1) is 25.4 Å². The highest BCUT2D eigenvalue weighted by molar-refractivity contribution is 7.89. The number of hydrogen-bond acceptors (Lipinski definition) is 5. The van der Waals surface area contributed by atoms with Gasteiger partial charge in [0.2, 0.25) is 15.9 Å². The van der Waals surface area contributed by atoms with Gasteiger partial charge in [-0.05, 0) is 7.05 Å². The first kappa shape index (κ1) is 11.4. The molecule has 0 radical (unpaired) electrons. The molecule has 7 heteroatoms. The standard InChI is InChI=1S/C7H14N2O4S/c1-8-6-4-13-3-5(6)7(10)9-14(2,11)12/h5-6,8H,3-4H2,1-2H3,(H,9,10). The number of carbonyl (C=O) groups is 1. The Bertz CT molecular complexity index is 314. The lowest BCUT2D eigenvalue weighted by molar-refractivity contribution is -0.123. The van der Waals surface area contributed by atoms with E-state index in [0.29, 0.717) is 6.61 Å². The lowest BCUT2D eigenvalue weighted by Crippen LogP contribution is -2.44. The quantitative estimate of drug-likeness (QED) is 0.594. The second-order valence-corrected chi connectivity index (χ2v) is 5.03. The first-order valence-electron chi connectivity index (χ1n) is 4.20. The predicted molar refractivity (Wildman–Crippen MR) is 50.1 cm³/mol. The molecule has 14 heavy (non-hydrogen) atoms. The Morgan fingerprint density at radius 1 is 1.43 bits per heavy atom. The third-order valence-electron chi connectivity index (χ3n) is 2.07. The van der Waals surface area contributed by atoms with Crippen molar-refractivity contribution in [3.05, 3.63) is 0 Å². The molecule has 1 fully saturated rings. The summed E-state index contributed by atoms with van der Waals surface area (Å²) in [4.78, 5) is 11.4. The number of sulfonamides is 1. The van der Waals surface area contributed by atoms with Gasteiger partial charge in [-0.15, -0.1) is 0 Å². The van der Waals surface area contributed by atoms with Gasteiger partial charge in [0.1, 0.15) is 0 Å². The zero-order chi connectivity index (χ0) is 10.8. The maximum absolute atomic E-state index is 11.4. The summed E-state index contributed by atoms with van der Waals surface area (Å²) in [7, 11) is -1.77. The van der Waals surface area contributed by atoms with Gasteiger partial charge in [0.25, 0.3) is 0 Å². The molecule has 1 heterocycles. The maximum Gasteiger partial charge on any atom is 0.240 e. The van der Waals surface area contributed by atoms with Gasteiger partial charge < -0.3 is 10.1 Å². The second-order valence-electron chi connectivity index (χ2n) is 3.28. The first-order chi connectivity index (χ1) is 6.44. The van der Waals surface area contributed by atoms with Crippen LogP contribution in [0, 0.1) is 5.92 Å². The molecule has 1 rings (SSSR count). The molecule has 2 unspecified atom stereocenters. The Kier molecular flexibility index (Phi) is 3.46. The summed E-state index contributed by atoms with van der Waals surface area (Å²) in [5.74, 6) is -0.945. The third kappa shape index (κ3) is 2.93. The van der Waals surface area contributed by atoms with Crippen LogP contribution in [0.15, 0.2) is 0 Å². The van der Waals surface area contributed by atoms with Crippen molar-refractivity contribution in [3.63, 3.8) is 0 Å². The van der Waals surface area contributed by atoms with Crippen LogP contribution in [0.5, 0.6) is 0 Å². The number of ether oxygens (including phenoxy) is 1. The molecule has 0 saturated carbocycles. The van der Waals surface area contributed by atoms with E-state index < -0.39 is 21.8 Å². The Labute approximate surface area is 83.1 Å². The second kappa shape index (κ2) is 4.24. The molecular formula is C7H14N2O4S. The molecule has 2 atom stereocenters.